The fraction of sp³-hybridized carbons (Fsp3) is 0.167. The van der Waals surface area contributed by atoms with Crippen molar-refractivity contribution >= 4 is 28.4 Å². The molecule has 0 saturated carbocycles. The molecule has 0 fully saturated rings. The summed E-state index contributed by atoms with van der Waals surface area (Å²) in [5, 5.41) is 0.143. The zero-order chi connectivity index (χ0) is 18.1. The zero-order valence-corrected chi connectivity index (χ0v) is 14.3. The lowest BCUT2D eigenvalue weighted by Gasteiger charge is -2.13. The molecule has 1 unspecified atom stereocenters. The summed E-state index contributed by atoms with van der Waals surface area (Å²) >= 11 is 1.06. The van der Waals surface area contributed by atoms with Gasteiger partial charge in [0.05, 0.1) is 21.7 Å². The topological polar surface area (TPSA) is 52.0 Å². The van der Waals surface area contributed by atoms with E-state index in [9.17, 15) is 18.4 Å². The molecule has 0 aliphatic carbocycles. The number of benzene rings is 2. The summed E-state index contributed by atoms with van der Waals surface area (Å²) in [6.07, 6.45) is 0. The Morgan fingerprint density at radius 1 is 1.20 bits per heavy atom. The molecule has 3 aromatic rings. The molecule has 25 heavy (non-hydrogen) atoms. The molecular weight excluding hydrogens is 346 g/mol. The monoisotopic (exact) mass is 360 g/mol. The van der Waals surface area contributed by atoms with Crippen LogP contribution in [0.4, 0.5) is 8.78 Å². The fourth-order valence-corrected chi connectivity index (χ4v) is 3.37. The van der Waals surface area contributed by atoms with Gasteiger partial charge >= 0.3 is 0 Å². The van der Waals surface area contributed by atoms with Crippen molar-refractivity contribution in [2.45, 2.75) is 17.3 Å². The largest absolute Gasteiger partial charge is 0.293 e. The molecule has 0 N–H and O–H groups in total. The molecule has 0 amide bonds. The number of ketones is 1. The molecule has 1 heterocycles. The fourth-order valence-electron chi connectivity index (χ4n) is 2.42. The quantitative estimate of drug-likeness (QED) is 0.405. The zero-order valence-electron chi connectivity index (χ0n) is 13.5. The Kier molecular flexibility index (Phi) is 4.67. The molecule has 1 atom stereocenters. The van der Waals surface area contributed by atoms with Crippen LogP contribution in [0.15, 0.2) is 52.4 Å². The maximum Gasteiger partial charge on any atom is 0.261 e. The Labute approximate surface area is 146 Å². The SMILES string of the molecule is CC(Sc1nc2ccccc2c(=O)n1C)C(=O)c1ccc(F)cc1F. The van der Waals surface area contributed by atoms with E-state index in [1.165, 1.54) is 4.57 Å². The first-order valence-corrected chi connectivity index (χ1v) is 8.38. The van der Waals surface area contributed by atoms with E-state index in [1.54, 1.807) is 38.2 Å². The summed E-state index contributed by atoms with van der Waals surface area (Å²) in [6.45, 7) is 1.59. The first kappa shape index (κ1) is 17.3. The van der Waals surface area contributed by atoms with Crippen LogP contribution in [-0.4, -0.2) is 20.6 Å². The Hall–Kier alpha value is -2.54. The van der Waals surface area contributed by atoms with Gasteiger partial charge in [0.2, 0.25) is 0 Å². The average Bonchev–Trinajstić information content (AvgIpc) is 2.59. The average molecular weight is 360 g/mol. The van der Waals surface area contributed by atoms with Crippen molar-refractivity contribution in [3.8, 4) is 0 Å². The number of aromatic nitrogens is 2. The van der Waals surface area contributed by atoms with E-state index in [1.807, 2.05) is 0 Å². The Morgan fingerprint density at radius 2 is 1.92 bits per heavy atom. The minimum atomic E-state index is -0.905. The van der Waals surface area contributed by atoms with Gasteiger partial charge in [-0.3, -0.25) is 14.2 Å². The second-order valence-electron chi connectivity index (χ2n) is 5.52. The van der Waals surface area contributed by atoms with E-state index in [4.69, 9.17) is 0 Å². The maximum absolute atomic E-state index is 13.8. The van der Waals surface area contributed by atoms with E-state index in [2.05, 4.69) is 4.98 Å². The number of rotatable bonds is 4. The van der Waals surface area contributed by atoms with Gasteiger partial charge in [-0.25, -0.2) is 13.8 Å². The molecule has 3 rings (SSSR count). The van der Waals surface area contributed by atoms with Crippen molar-refractivity contribution in [1.29, 1.82) is 0 Å². The molecule has 2 aromatic carbocycles. The van der Waals surface area contributed by atoms with Crippen LogP contribution in [0, 0.1) is 11.6 Å². The van der Waals surface area contributed by atoms with Crippen LogP contribution in [0.1, 0.15) is 17.3 Å². The normalized spacial score (nSPS) is 12.3. The van der Waals surface area contributed by atoms with Gasteiger partial charge in [-0.05, 0) is 31.2 Å². The minimum absolute atomic E-state index is 0.188. The van der Waals surface area contributed by atoms with Crippen LogP contribution in [0.5, 0.6) is 0 Å². The highest BCUT2D eigenvalue weighted by molar-refractivity contribution is 8.00. The van der Waals surface area contributed by atoms with Gasteiger partial charge in [-0.1, -0.05) is 23.9 Å². The number of para-hydroxylation sites is 1. The van der Waals surface area contributed by atoms with Crippen LogP contribution < -0.4 is 5.56 Å². The van der Waals surface area contributed by atoms with Gasteiger partial charge in [-0.15, -0.1) is 0 Å². The molecule has 128 valence electrons. The van der Waals surface area contributed by atoms with Gasteiger partial charge < -0.3 is 0 Å². The van der Waals surface area contributed by atoms with E-state index in [0.29, 0.717) is 22.1 Å². The summed E-state index contributed by atoms with van der Waals surface area (Å²) in [5.74, 6) is -2.14. The van der Waals surface area contributed by atoms with E-state index < -0.39 is 22.7 Å². The number of nitrogens with zero attached hydrogens (tertiary/aromatic N) is 2. The third-order valence-electron chi connectivity index (χ3n) is 3.79. The number of hydrogen-bond donors (Lipinski definition) is 0. The van der Waals surface area contributed by atoms with E-state index in [0.717, 1.165) is 23.9 Å². The highest BCUT2D eigenvalue weighted by Gasteiger charge is 2.22. The molecule has 0 spiro atoms. The van der Waals surface area contributed by atoms with E-state index >= 15 is 0 Å². The molecule has 0 aliphatic heterocycles. The van der Waals surface area contributed by atoms with Gasteiger partial charge in [0.25, 0.3) is 5.56 Å². The minimum Gasteiger partial charge on any atom is -0.293 e. The second-order valence-corrected chi connectivity index (χ2v) is 6.83. The van der Waals surface area contributed by atoms with Crippen LogP contribution in [-0.2, 0) is 7.05 Å². The number of hydrogen-bond acceptors (Lipinski definition) is 4. The molecule has 0 bridgehead atoms. The van der Waals surface area contributed by atoms with Crippen LogP contribution in [0.3, 0.4) is 0 Å². The number of thioether (sulfide) groups is 1. The molecular formula is C18H14F2N2O2S. The van der Waals surface area contributed by atoms with Crippen LogP contribution in [0.25, 0.3) is 10.9 Å². The summed E-state index contributed by atoms with van der Waals surface area (Å²) in [7, 11) is 1.57. The summed E-state index contributed by atoms with van der Waals surface area (Å²) in [4.78, 5) is 29.2. The number of fused-ring (bicyclic) bond motifs is 1. The highest BCUT2D eigenvalue weighted by atomic mass is 32.2. The lowest BCUT2D eigenvalue weighted by Crippen LogP contribution is -2.22. The highest BCUT2D eigenvalue weighted by Crippen LogP contribution is 2.25. The lowest BCUT2D eigenvalue weighted by molar-refractivity contribution is 0.0990. The van der Waals surface area contributed by atoms with Gasteiger partial charge in [-0.2, -0.15) is 0 Å². The van der Waals surface area contributed by atoms with Crippen LogP contribution >= 0.6 is 11.8 Å². The third-order valence-corrected chi connectivity index (χ3v) is 4.93. The predicted octanol–water partition coefficient (Wildman–Crippen LogP) is 3.58. The number of halogens is 2. The summed E-state index contributed by atoms with van der Waals surface area (Å²) in [6, 6.07) is 9.76. The number of Topliss-reactive ketones (excluding diaryl/α,β-unsaturated/α-hetero) is 1. The van der Waals surface area contributed by atoms with Gasteiger partial charge in [0, 0.05) is 13.1 Å². The maximum atomic E-state index is 13.8. The summed E-state index contributed by atoms with van der Waals surface area (Å²) < 4.78 is 28.2. The summed E-state index contributed by atoms with van der Waals surface area (Å²) in [5.41, 5.74) is 0.119. The third kappa shape index (κ3) is 3.32. The van der Waals surface area contributed by atoms with Crippen molar-refractivity contribution in [1.82, 2.24) is 9.55 Å². The molecule has 0 saturated heterocycles. The number of carbonyl (C=O) groups is 1. The van der Waals surface area contributed by atoms with Crippen molar-refractivity contribution < 1.29 is 13.6 Å². The Balaban J connectivity index is 1.94. The second kappa shape index (κ2) is 6.76. The van der Waals surface area contributed by atoms with Crippen LogP contribution in [0.2, 0.25) is 0 Å². The van der Waals surface area contributed by atoms with Crippen molar-refractivity contribution in [3.63, 3.8) is 0 Å². The predicted molar refractivity (Wildman–Crippen MR) is 93.0 cm³/mol. The molecule has 4 nitrogen and oxygen atoms in total. The first-order chi connectivity index (χ1) is 11.9. The molecule has 7 heteroatoms. The number of carbonyl (C=O) groups excluding carboxylic acids is 1. The van der Waals surface area contributed by atoms with Gasteiger partial charge in [0.15, 0.2) is 10.9 Å². The standard InChI is InChI=1S/C18H14F2N2O2S/c1-10(16(23)12-8-7-11(19)9-14(12)20)25-18-21-15-6-4-3-5-13(15)17(24)22(18)2/h3-10H,1-2H3. The van der Waals surface area contributed by atoms with E-state index in [-0.39, 0.29) is 11.1 Å². The van der Waals surface area contributed by atoms with Crippen molar-refractivity contribution in [3.05, 3.63) is 70.0 Å². The van der Waals surface area contributed by atoms with Crippen molar-refractivity contribution in [2.75, 3.05) is 0 Å². The Morgan fingerprint density at radius 3 is 2.64 bits per heavy atom. The molecule has 0 aliphatic rings. The lowest BCUT2D eigenvalue weighted by atomic mass is 10.1. The Bertz CT molecular complexity index is 1030. The first-order valence-electron chi connectivity index (χ1n) is 7.50. The smallest absolute Gasteiger partial charge is 0.261 e. The molecule has 1 aromatic heterocycles. The van der Waals surface area contributed by atoms with Crippen molar-refractivity contribution in [2.24, 2.45) is 7.05 Å². The molecule has 0 radical (unpaired) electrons. The van der Waals surface area contributed by atoms with Gasteiger partial charge in [0.1, 0.15) is 11.6 Å².